The number of pyridine rings is 2. The smallest absolute Gasteiger partial charge is 0.232 e. The number of aryl methyl sites for hydroxylation is 1. The van der Waals surface area contributed by atoms with Crippen LogP contribution in [0.1, 0.15) is 47.9 Å². The molecule has 1 fully saturated rings. The Morgan fingerprint density at radius 2 is 2.07 bits per heavy atom. The maximum Gasteiger partial charge on any atom is 0.232 e. The molecule has 1 aliphatic carbocycles. The Labute approximate surface area is 173 Å². The van der Waals surface area contributed by atoms with Gasteiger partial charge in [0.2, 0.25) is 5.88 Å². The molecule has 0 N–H and O–H groups in total. The average Bonchev–Trinajstić information content (AvgIpc) is 3.36. The Hall–Kier alpha value is -2.05. The first-order valence-electron chi connectivity index (χ1n) is 9.41. The molecule has 0 saturated heterocycles. The molecule has 0 bridgehead atoms. The predicted molar refractivity (Wildman–Crippen MR) is 112 cm³/mol. The van der Waals surface area contributed by atoms with E-state index in [-0.39, 0.29) is 17.6 Å². The maximum atomic E-state index is 12.8. The lowest BCUT2D eigenvalue weighted by Gasteiger charge is -2.18. The summed E-state index contributed by atoms with van der Waals surface area (Å²) in [5.41, 5.74) is 4.18. The summed E-state index contributed by atoms with van der Waals surface area (Å²) < 4.78 is 5.07. The Morgan fingerprint density at radius 1 is 1.29 bits per heavy atom. The second kappa shape index (κ2) is 7.41. The van der Waals surface area contributed by atoms with Gasteiger partial charge in [-0.2, -0.15) is 0 Å². The quantitative estimate of drug-likeness (QED) is 0.551. The van der Waals surface area contributed by atoms with Gasteiger partial charge < -0.3 is 4.74 Å². The number of carbonyl (C=O) groups excluding carboxylic acids is 1. The van der Waals surface area contributed by atoms with Gasteiger partial charge in [-0.1, -0.05) is 29.9 Å². The molecule has 3 heterocycles. The molecular formula is C21H22ClN3O2S. The lowest BCUT2D eigenvalue weighted by molar-refractivity contribution is -0.117. The van der Waals surface area contributed by atoms with Gasteiger partial charge in [-0.15, -0.1) is 0 Å². The fraction of sp³-hybridized carbons (Fsp3) is 0.429. The number of carbonyl (C=O) groups is 1. The van der Waals surface area contributed by atoms with Crippen LogP contribution in [0.4, 0.5) is 0 Å². The average molecular weight is 416 g/mol. The highest BCUT2D eigenvalue weighted by Gasteiger charge is 2.45. The summed E-state index contributed by atoms with van der Waals surface area (Å²) in [6.07, 6.45) is 7.51. The second-order valence-electron chi connectivity index (χ2n) is 7.41. The molecule has 1 saturated carbocycles. The summed E-state index contributed by atoms with van der Waals surface area (Å²) in [7, 11) is 1.52. The van der Waals surface area contributed by atoms with E-state index in [4.69, 9.17) is 21.3 Å². The van der Waals surface area contributed by atoms with Crippen molar-refractivity contribution >= 4 is 39.1 Å². The Morgan fingerprint density at radius 3 is 2.71 bits per heavy atom. The van der Waals surface area contributed by atoms with Crippen LogP contribution in [0.5, 0.6) is 5.88 Å². The number of fused-ring (bicyclic) bond motifs is 1. The van der Waals surface area contributed by atoms with Crippen LogP contribution in [0.3, 0.4) is 0 Å². The summed E-state index contributed by atoms with van der Waals surface area (Å²) in [5, 5.41) is 1.43. The summed E-state index contributed by atoms with van der Waals surface area (Å²) >= 11 is 7.75. The molecule has 0 aromatic carbocycles. The number of Topliss-reactive ketones (excluding diaryl/α,β-unsaturated/α-hetero) is 1. The molecule has 0 radical (unpaired) electrons. The zero-order valence-electron chi connectivity index (χ0n) is 16.2. The normalized spacial score (nSPS) is 15.0. The number of methoxy groups -OCH3 is 1. The Balaban J connectivity index is 1.63. The molecule has 146 valence electrons. The van der Waals surface area contributed by atoms with Gasteiger partial charge in [0.05, 0.1) is 12.1 Å². The van der Waals surface area contributed by atoms with Crippen molar-refractivity contribution in [1.29, 1.82) is 0 Å². The SMILES string of the molecule is CCC1(c2c(CC(=O)Cc3cnc(OC)c(Cl)c3)cnc3sc(C)nc23)CC1. The van der Waals surface area contributed by atoms with Crippen molar-refractivity contribution in [2.24, 2.45) is 0 Å². The topological polar surface area (TPSA) is 65.0 Å². The number of nitrogens with zero attached hydrogens (tertiary/aromatic N) is 3. The summed E-state index contributed by atoms with van der Waals surface area (Å²) in [6, 6.07) is 1.74. The number of halogens is 1. The van der Waals surface area contributed by atoms with Crippen molar-refractivity contribution in [3.05, 3.63) is 45.2 Å². The third-order valence-corrected chi connectivity index (χ3v) is 6.67. The summed E-state index contributed by atoms with van der Waals surface area (Å²) in [5.74, 6) is 0.483. The van der Waals surface area contributed by atoms with Gasteiger partial charge in [0.25, 0.3) is 0 Å². The summed E-state index contributed by atoms with van der Waals surface area (Å²) in [6.45, 7) is 4.22. The number of ketones is 1. The monoisotopic (exact) mass is 415 g/mol. The van der Waals surface area contributed by atoms with Crippen LogP contribution >= 0.6 is 22.9 Å². The molecule has 0 amide bonds. The second-order valence-corrected chi connectivity index (χ2v) is 8.99. The summed E-state index contributed by atoms with van der Waals surface area (Å²) in [4.78, 5) is 27.3. The fourth-order valence-corrected chi connectivity index (χ4v) is 4.92. The minimum Gasteiger partial charge on any atom is -0.480 e. The first-order chi connectivity index (χ1) is 13.5. The molecule has 0 aliphatic heterocycles. The lowest BCUT2D eigenvalue weighted by atomic mass is 9.87. The standard InChI is InChI=1S/C21H22ClN3O2S/c1-4-21(5-6-21)17-14(11-24-20-18(17)25-12(2)28-20)9-15(26)7-13-8-16(22)19(27-3)23-10-13/h8,10-11H,4-7,9H2,1-3H3. The van der Waals surface area contributed by atoms with Gasteiger partial charge in [0.15, 0.2) is 0 Å². The van der Waals surface area contributed by atoms with Crippen LogP contribution in [0.2, 0.25) is 5.02 Å². The third kappa shape index (κ3) is 3.51. The van der Waals surface area contributed by atoms with E-state index in [9.17, 15) is 4.79 Å². The molecule has 28 heavy (non-hydrogen) atoms. The van der Waals surface area contributed by atoms with Gasteiger partial charge in [-0.05, 0) is 54.4 Å². The maximum absolute atomic E-state index is 12.8. The zero-order chi connectivity index (χ0) is 19.9. The third-order valence-electron chi connectivity index (χ3n) is 5.52. The van der Waals surface area contributed by atoms with E-state index in [1.807, 2.05) is 13.1 Å². The van der Waals surface area contributed by atoms with Gasteiger partial charge in [0.1, 0.15) is 21.2 Å². The molecule has 4 rings (SSSR count). The molecular weight excluding hydrogens is 394 g/mol. The molecule has 0 atom stereocenters. The molecule has 3 aromatic rings. The van der Waals surface area contributed by atoms with Crippen LogP contribution < -0.4 is 4.74 Å². The van der Waals surface area contributed by atoms with Crippen LogP contribution in [-0.4, -0.2) is 27.8 Å². The van der Waals surface area contributed by atoms with E-state index in [1.165, 1.54) is 12.7 Å². The minimum absolute atomic E-state index is 0.115. The van der Waals surface area contributed by atoms with Gasteiger partial charge in [-0.25, -0.2) is 15.0 Å². The Bertz CT molecular complexity index is 1060. The van der Waals surface area contributed by atoms with E-state index < -0.39 is 0 Å². The number of hydrogen-bond donors (Lipinski definition) is 0. The number of hydrogen-bond acceptors (Lipinski definition) is 6. The van der Waals surface area contributed by atoms with Crippen molar-refractivity contribution in [2.45, 2.75) is 51.4 Å². The number of thiazole rings is 1. The molecule has 0 spiro atoms. The van der Waals surface area contributed by atoms with Crippen molar-refractivity contribution in [1.82, 2.24) is 15.0 Å². The van der Waals surface area contributed by atoms with Crippen LogP contribution in [0.25, 0.3) is 10.3 Å². The highest BCUT2D eigenvalue weighted by molar-refractivity contribution is 7.18. The van der Waals surface area contributed by atoms with Crippen molar-refractivity contribution in [3.63, 3.8) is 0 Å². The van der Waals surface area contributed by atoms with Gasteiger partial charge >= 0.3 is 0 Å². The van der Waals surface area contributed by atoms with Crippen LogP contribution in [-0.2, 0) is 23.1 Å². The molecule has 5 nitrogen and oxygen atoms in total. The minimum atomic E-state index is 0.115. The first kappa shape index (κ1) is 19.3. The van der Waals surface area contributed by atoms with Gasteiger partial charge in [-0.3, -0.25) is 4.79 Å². The zero-order valence-corrected chi connectivity index (χ0v) is 17.8. The molecule has 7 heteroatoms. The molecule has 3 aromatic heterocycles. The van der Waals surface area contributed by atoms with Crippen molar-refractivity contribution in [2.75, 3.05) is 7.11 Å². The van der Waals surface area contributed by atoms with E-state index >= 15 is 0 Å². The largest absolute Gasteiger partial charge is 0.480 e. The van der Waals surface area contributed by atoms with Crippen molar-refractivity contribution < 1.29 is 9.53 Å². The van der Waals surface area contributed by atoms with Gasteiger partial charge in [0, 0.05) is 25.2 Å². The highest BCUT2D eigenvalue weighted by Crippen LogP contribution is 2.54. The predicted octanol–water partition coefficient (Wildman–Crippen LogP) is 4.85. The Kier molecular flexibility index (Phi) is 5.10. The highest BCUT2D eigenvalue weighted by atomic mass is 35.5. The van der Waals surface area contributed by atoms with E-state index in [2.05, 4.69) is 16.9 Å². The van der Waals surface area contributed by atoms with Crippen molar-refractivity contribution in [3.8, 4) is 5.88 Å². The van der Waals surface area contributed by atoms with E-state index in [1.54, 1.807) is 23.6 Å². The van der Waals surface area contributed by atoms with Crippen LogP contribution in [0.15, 0.2) is 18.5 Å². The first-order valence-corrected chi connectivity index (χ1v) is 10.6. The fourth-order valence-electron chi connectivity index (χ4n) is 3.89. The van der Waals surface area contributed by atoms with Crippen LogP contribution in [0, 0.1) is 6.92 Å². The molecule has 1 aliphatic rings. The number of aromatic nitrogens is 3. The van der Waals surface area contributed by atoms with E-state index in [0.29, 0.717) is 17.3 Å². The van der Waals surface area contributed by atoms with E-state index in [0.717, 1.165) is 45.7 Å². The number of rotatable bonds is 7. The molecule has 0 unspecified atom stereocenters. The lowest BCUT2D eigenvalue weighted by Crippen LogP contribution is -2.15. The number of ether oxygens (including phenoxy) is 1.